The Bertz CT molecular complexity index is 946. The van der Waals surface area contributed by atoms with Crippen LogP contribution in [0.3, 0.4) is 0 Å². The van der Waals surface area contributed by atoms with Gasteiger partial charge >= 0.3 is 0 Å². The number of carbonyl (C=O) groups is 2. The summed E-state index contributed by atoms with van der Waals surface area (Å²) in [6.45, 7) is 0.999. The molecule has 1 saturated heterocycles. The molecule has 2 aromatic rings. The van der Waals surface area contributed by atoms with E-state index in [-0.39, 0.29) is 11.8 Å². The van der Waals surface area contributed by atoms with Crippen molar-refractivity contribution in [1.82, 2.24) is 4.90 Å². The molecule has 0 N–H and O–H groups in total. The van der Waals surface area contributed by atoms with Crippen molar-refractivity contribution in [1.29, 1.82) is 5.26 Å². The number of nitriles is 1. The van der Waals surface area contributed by atoms with Crippen LogP contribution in [0.4, 0.5) is 5.69 Å². The number of piperidine rings is 1. The highest BCUT2D eigenvalue weighted by atomic mass is 16.2. The molecule has 2 heterocycles. The highest BCUT2D eigenvalue weighted by molar-refractivity contribution is 6.08. The van der Waals surface area contributed by atoms with Gasteiger partial charge in [-0.05, 0) is 42.7 Å². The van der Waals surface area contributed by atoms with Gasteiger partial charge in [-0.15, -0.1) is 0 Å². The van der Waals surface area contributed by atoms with Gasteiger partial charge in [0.15, 0.2) is 0 Å². The predicted molar refractivity (Wildman–Crippen MR) is 97.8 cm³/mol. The molecule has 5 nitrogen and oxygen atoms in total. The monoisotopic (exact) mass is 345 g/mol. The second-order valence-corrected chi connectivity index (χ2v) is 6.99. The molecule has 1 atom stereocenters. The van der Waals surface area contributed by atoms with Crippen molar-refractivity contribution in [2.45, 2.75) is 18.3 Å². The van der Waals surface area contributed by atoms with E-state index < -0.39 is 5.41 Å². The van der Waals surface area contributed by atoms with Crippen molar-refractivity contribution in [3.05, 3.63) is 65.2 Å². The number of hydrogen-bond acceptors (Lipinski definition) is 3. The van der Waals surface area contributed by atoms with Gasteiger partial charge in [0.25, 0.3) is 5.91 Å². The lowest BCUT2D eigenvalue weighted by Gasteiger charge is -2.39. The van der Waals surface area contributed by atoms with Crippen LogP contribution in [0.1, 0.15) is 34.3 Å². The van der Waals surface area contributed by atoms with E-state index in [9.17, 15) is 9.59 Å². The first-order chi connectivity index (χ1) is 12.6. The topological polar surface area (TPSA) is 64.4 Å². The molecule has 0 bridgehead atoms. The highest BCUT2D eigenvalue weighted by Gasteiger charge is 2.52. The maximum Gasteiger partial charge on any atom is 0.253 e. The molecule has 130 valence electrons. The molecule has 26 heavy (non-hydrogen) atoms. The van der Waals surface area contributed by atoms with E-state index in [4.69, 9.17) is 5.26 Å². The second kappa shape index (κ2) is 5.99. The summed E-state index contributed by atoms with van der Waals surface area (Å²) in [5.41, 5.74) is 2.23. The lowest BCUT2D eigenvalue weighted by molar-refractivity contribution is -0.124. The molecular weight excluding hydrogens is 326 g/mol. The molecule has 4 rings (SSSR count). The number of nitrogens with zero attached hydrogens (tertiary/aromatic N) is 3. The lowest BCUT2D eigenvalue weighted by atomic mass is 9.75. The molecule has 1 unspecified atom stereocenters. The minimum Gasteiger partial charge on any atom is -0.337 e. The number of benzene rings is 2. The Morgan fingerprint density at radius 2 is 2.00 bits per heavy atom. The highest BCUT2D eigenvalue weighted by Crippen LogP contribution is 2.46. The van der Waals surface area contributed by atoms with E-state index in [0.29, 0.717) is 24.2 Å². The first-order valence-corrected chi connectivity index (χ1v) is 8.74. The Hall–Kier alpha value is -3.13. The third-order valence-corrected chi connectivity index (χ3v) is 5.51. The van der Waals surface area contributed by atoms with Crippen molar-refractivity contribution in [2.24, 2.45) is 0 Å². The van der Waals surface area contributed by atoms with Crippen LogP contribution in [0.5, 0.6) is 0 Å². The molecule has 2 aliphatic heterocycles. The standard InChI is InChI=1S/C21H19N3O2/c1-23-18-9-3-2-8-17(18)21(20(23)26)10-5-11-24(14-21)19(25)16-7-4-6-15(12-16)13-22/h2-4,6-9,12H,5,10-11,14H2,1H3. The molecule has 0 saturated carbocycles. The molecule has 0 aliphatic carbocycles. The molecule has 2 amide bonds. The van der Waals surface area contributed by atoms with Gasteiger partial charge in [-0.3, -0.25) is 9.59 Å². The molecule has 2 aromatic carbocycles. The molecular formula is C21H19N3O2. The van der Waals surface area contributed by atoms with Gasteiger partial charge in [-0.1, -0.05) is 24.3 Å². The number of anilines is 1. The molecule has 0 radical (unpaired) electrons. The number of rotatable bonds is 1. The third-order valence-electron chi connectivity index (χ3n) is 5.51. The summed E-state index contributed by atoms with van der Waals surface area (Å²) in [7, 11) is 1.80. The Kier molecular flexibility index (Phi) is 3.77. The van der Waals surface area contributed by atoms with Crippen molar-refractivity contribution in [2.75, 3.05) is 25.0 Å². The van der Waals surface area contributed by atoms with Gasteiger partial charge in [0, 0.05) is 31.4 Å². The van der Waals surface area contributed by atoms with Gasteiger partial charge in [0.05, 0.1) is 17.0 Å². The van der Waals surface area contributed by atoms with Crippen molar-refractivity contribution >= 4 is 17.5 Å². The first-order valence-electron chi connectivity index (χ1n) is 8.74. The van der Waals surface area contributed by atoms with Crippen molar-refractivity contribution in [3.63, 3.8) is 0 Å². The number of hydrogen-bond donors (Lipinski definition) is 0. The lowest BCUT2D eigenvalue weighted by Crippen LogP contribution is -2.53. The molecule has 2 aliphatic rings. The molecule has 1 fully saturated rings. The van der Waals surface area contributed by atoms with Gasteiger partial charge in [0.2, 0.25) is 5.91 Å². The van der Waals surface area contributed by atoms with Crippen LogP contribution in [0.2, 0.25) is 0 Å². The van der Waals surface area contributed by atoms with E-state index in [2.05, 4.69) is 6.07 Å². The fourth-order valence-electron chi connectivity index (χ4n) is 4.24. The van der Waals surface area contributed by atoms with Gasteiger partial charge in [-0.2, -0.15) is 5.26 Å². The summed E-state index contributed by atoms with van der Waals surface area (Å²) in [6, 6.07) is 16.6. The zero-order valence-electron chi connectivity index (χ0n) is 14.6. The molecule has 1 spiro atoms. The summed E-state index contributed by atoms with van der Waals surface area (Å²) in [6.07, 6.45) is 1.52. The smallest absolute Gasteiger partial charge is 0.253 e. The Labute approximate surface area is 152 Å². The summed E-state index contributed by atoms with van der Waals surface area (Å²) >= 11 is 0. The van der Waals surface area contributed by atoms with Crippen LogP contribution in [0.25, 0.3) is 0 Å². The number of fused-ring (bicyclic) bond motifs is 2. The quantitative estimate of drug-likeness (QED) is 0.798. The van der Waals surface area contributed by atoms with Crippen LogP contribution in [-0.4, -0.2) is 36.9 Å². The van der Waals surface area contributed by atoms with Crippen LogP contribution in [-0.2, 0) is 10.2 Å². The maximum atomic E-state index is 13.1. The van der Waals surface area contributed by atoms with Gasteiger partial charge in [-0.25, -0.2) is 0 Å². The fourth-order valence-corrected chi connectivity index (χ4v) is 4.24. The third kappa shape index (κ3) is 2.30. The maximum absolute atomic E-state index is 13.1. The zero-order chi connectivity index (χ0) is 18.3. The van der Waals surface area contributed by atoms with Gasteiger partial charge in [0.1, 0.15) is 0 Å². The van der Waals surface area contributed by atoms with Crippen LogP contribution in [0, 0.1) is 11.3 Å². The molecule has 0 aromatic heterocycles. The van der Waals surface area contributed by atoms with Crippen molar-refractivity contribution < 1.29 is 9.59 Å². The van der Waals surface area contributed by atoms with Gasteiger partial charge < -0.3 is 9.80 Å². The summed E-state index contributed by atoms with van der Waals surface area (Å²) in [4.78, 5) is 29.6. The summed E-state index contributed by atoms with van der Waals surface area (Å²) in [5, 5.41) is 9.07. The second-order valence-electron chi connectivity index (χ2n) is 6.99. The SMILES string of the molecule is CN1C(=O)C2(CCCN(C(=O)c3cccc(C#N)c3)C2)c2ccccc21. The first kappa shape index (κ1) is 16.3. The zero-order valence-corrected chi connectivity index (χ0v) is 14.6. The van der Waals surface area contributed by atoms with Crippen LogP contribution >= 0.6 is 0 Å². The van der Waals surface area contributed by atoms with Crippen LogP contribution < -0.4 is 4.90 Å². The fraction of sp³-hybridized carbons (Fsp3) is 0.286. The Morgan fingerprint density at radius 3 is 2.81 bits per heavy atom. The average Bonchev–Trinajstić information content (AvgIpc) is 2.90. The number of carbonyl (C=O) groups excluding carboxylic acids is 2. The normalized spacial score (nSPS) is 21.6. The van der Waals surface area contributed by atoms with E-state index >= 15 is 0 Å². The predicted octanol–water partition coefficient (Wildman–Crippen LogP) is 2.71. The number of amides is 2. The van der Waals surface area contributed by atoms with Crippen molar-refractivity contribution in [3.8, 4) is 6.07 Å². The van der Waals surface area contributed by atoms with E-state index in [0.717, 1.165) is 24.1 Å². The van der Waals surface area contributed by atoms with Crippen LogP contribution in [0.15, 0.2) is 48.5 Å². The Morgan fingerprint density at radius 1 is 1.19 bits per heavy atom. The summed E-state index contributed by atoms with van der Waals surface area (Å²) in [5.74, 6) is -0.0667. The van der Waals surface area contributed by atoms with E-state index in [1.54, 1.807) is 41.1 Å². The number of likely N-dealkylation sites (N-methyl/N-ethyl adjacent to an activating group) is 1. The van der Waals surface area contributed by atoms with E-state index in [1.807, 2.05) is 24.3 Å². The largest absolute Gasteiger partial charge is 0.337 e. The minimum absolute atomic E-state index is 0.0574. The Balaban J connectivity index is 1.69. The number of likely N-dealkylation sites (tertiary alicyclic amines) is 1. The average molecular weight is 345 g/mol. The number of para-hydroxylation sites is 1. The molecule has 5 heteroatoms. The summed E-state index contributed by atoms with van der Waals surface area (Å²) < 4.78 is 0. The minimum atomic E-state index is -0.661. The van der Waals surface area contributed by atoms with E-state index in [1.165, 1.54) is 0 Å².